The third kappa shape index (κ3) is 22.4. The zero-order valence-corrected chi connectivity index (χ0v) is 27.9. The molecule has 8 heteroatoms. The van der Waals surface area contributed by atoms with Crippen LogP contribution in [0, 0.1) is 12.8 Å². The molecule has 0 saturated carbocycles. The van der Waals surface area contributed by atoms with Crippen LogP contribution in [0.25, 0.3) is 0 Å². The molecule has 0 aliphatic heterocycles. The molecule has 41 heavy (non-hydrogen) atoms. The van der Waals surface area contributed by atoms with Crippen LogP contribution in [0.1, 0.15) is 108 Å². The number of rotatable bonds is 27. The molecule has 0 aliphatic carbocycles. The lowest BCUT2D eigenvalue weighted by molar-refractivity contribution is -0.897. The monoisotopic (exact) mass is 600 g/mol. The van der Waals surface area contributed by atoms with Gasteiger partial charge in [-0.3, -0.25) is 4.52 Å². The Morgan fingerprint density at radius 1 is 0.732 bits per heavy atom. The van der Waals surface area contributed by atoms with Gasteiger partial charge in [0.25, 0.3) is 0 Å². The number of quaternary nitrogens is 1. The van der Waals surface area contributed by atoms with Crippen molar-refractivity contribution in [2.24, 2.45) is 5.92 Å². The molecule has 1 aromatic rings. The average Bonchev–Trinajstić information content (AvgIpc) is 2.90. The smallest absolute Gasteiger partial charge is 0.381 e. The number of ether oxygens (including phenoxy) is 2. The number of nitrogens with zero attached hydrogens (tertiary/aromatic N) is 1. The van der Waals surface area contributed by atoms with Gasteiger partial charge in [-0.25, -0.2) is 4.57 Å². The molecule has 1 rings (SSSR count). The van der Waals surface area contributed by atoms with Crippen molar-refractivity contribution in [3.63, 3.8) is 0 Å². The lowest BCUT2D eigenvalue weighted by Gasteiger charge is -2.36. The summed E-state index contributed by atoms with van der Waals surface area (Å²) in [5, 5.41) is 0. The number of hydrogen-bond acceptors (Lipinski definition) is 4. The number of phosphoric acid groups is 1. The van der Waals surface area contributed by atoms with E-state index in [0.29, 0.717) is 11.1 Å². The van der Waals surface area contributed by atoms with Gasteiger partial charge in [-0.1, -0.05) is 101 Å². The van der Waals surface area contributed by atoms with Crippen LogP contribution in [0.2, 0.25) is 0 Å². The highest BCUT2D eigenvalue weighted by molar-refractivity contribution is 7.46. The fourth-order valence-electron chi connectivity index (χ4n) is 5.07. The van der Waals surface area contributed by atoms with E-state index in [1.165, 1.54) is 75.3 Å². The number of phosphoric ester groups is 1. The highest BCUT2D eigenvalue weighted by Crippen LogP contribution is 2.37. The molecule has 0 radical (unpaired) electrons. The van der Waals surface area contributed by atoms with Gasteiger partial charge in [-0.2, -0.15) is 0 Å². The van der Waals surface area contributed by atoms with Crippen LogP contribution >= 0.6 is 7.82 Å². The quantitative estimate of drug-likeness (QED) is 0.0608. The predicted molar refractivity (Wildman–Crippen MR) is 170 cm³/mol. The Morgan fingerprint density at radius 2 is 1.22 bits per heavy atom. The fraction of sp³-hybridized carbons (Fsp3) is 0.818. The van der Waals surface area contributed by atoms with Crippen molar-refractivity contribution in [2.75, 3.05) is 54.2 Å². The van der Waals surface area contributed by atoms with Crippen LogP contribution < -0.4 is 0 Å². The number of hydrogen-bond donors (Lipinski definition) is 2. The van der Waals surface area contributed by atoms with E-state index in [1.807, 2.05) is 21.1 Å². The van der Waals surface area contributed by atoms with E-state index in [1.54, 1.807) is 0 Å². The normalized spacial score (nSPS) is 13.9. The number of benzene rings is 1. The van der Waals surface area contributed by atoms with Gasteiger partial charge in [0, 0.05) is 32.8 Å². The molecular weight excluding hydrogens is 537 g/mol. The summed E-state index contributed by atoms with van der Waals surface area (Å²) in [7, 11) is 1.61. The molecule has 0 bridgehead atoms. The minimum Gasteiger partial charge on any atom is -0.381 e. The lowest BCUT2D eigenvalue weighted by Crippen LogP contribution is -2.49. The zero-order valence-electron chi connectivity index (χ0n) is 27.0. The first-order valence-electron chi connectivity index (χ1n) is 16.2. The van der Waals surface area contributed by atoms with E-state index in [-0.39, 0.29) is 18.6 Å². The Kier molecular flexibility index (Phi) is 21.2. The first kappa shape index (κ1) is 38.2. The van der Waals surface area contributed by atoms with E-state index in [0.717, 1.165) is 51.9 Å². The van der Waals surface area contributed by atoms with Crippen molar-refractivity contribution in [3.8, 4) is 0 Å². The first-order chi connectivity index (χ1) is 19.5. The molecule has 0 heterocycles. The SMILES string of the molecule is CCCCCCCCCCOCCCCCCCOCC(Cc1ccc(C)cc1)CC(COP(=O)(O)O)[N+](C)(C)C. The second-order valence-corrected chi connectivity index (χ2v) is 14.0. The van der Waals surface area contributed by atoms with Gasteiger partial charge in [0.1, 0.15) is 12.6 Å². The fourth-order valence-corrected chi connectivity index (χ4v) is 5.44. The lowest BCUT2D eigenvalue weighted by atomic mass is 9.92. The summed E-state index contributed by atoms with van der Waals surface area (Å²) in [6, 6.07) is 8.52. The van der Waals surface area contributed by atoms with Crippen molar-refractivity contribution in [1.82, 2.24) is 0 Å². The van der Waals surface area contributed by atoms with Gasteiger partial charge in [0.05, 0.1) is 21.1 Å². The summed E-state index contributed by atoms with van der Waals surface area (Å²) in [6.45, 7) is 7.53. The highest BCUT2D eigenvalue weighted by Gasteiger charge is 2.30. The molecule has 2 atom stereocenters. The maximum atomic E-state index is 11.4. The van der Waals surface area contributed by atoms with Gasteiger partial charge in [0.2, 0.25) is 0 Å². The van der Waals surface area contributed by atoms with E-state index < -0.39 is 7.82 Å². The van der Waals surface area contributed by atoms with E-state index in [4.69, 9.17) is 14.0 Å². The maximum Gasteiger partial charge on any atom is 0.469 e. The van der Waals surface area contributed by atoms with Crippen LogP contribution in [0.5, 0.6) is 0 Å². The molecule has 0 aliphatic rings. The van der Waals surface area contributed by atoms with Crippen molar-refractivity contribution in [1.29, 1.82) is 0 Å². The van der Waals surface area contributed by atoms with Crippen molar-refractivity contribution in [2.45, 2.75) is 116 Å². The molecule has 0 amide bonds. The van der Waals surface area contributed by atoms with E-state index >= 15 is 0 Å². The third-order valence-corrected chi connectivity index (χ3v) is 8.34. The van der Waals surface area contributed by atoms with Crippen molar-refractivity contribution >= 4 is 7.82 Å². The molecule has 0 aromatic heterocycles. The standard InChI is InChI=1S/C33H62NO6P/c1-6-7-8-9-10-11-13-16-23-38-24-17-14-12-15-18-25-39-28-32(26-31-21-19-30(2)20-22-31)27-33(34(3,4)5)29-40-41(35,36)37/h19-22,32-33H,6-18,23-29H2,1-5H3,(H-,35,36,37)/p+1. The second kappa shape index (κ2) is 22.7. The highest BCUT2D eigenvalue weighted by atomic mass is 31.2. The Balaban J connectivity index is 2.27. The van der Waals surface area contributed by atoms with Crippen molar-refractivity contribution in [3.05, 3.63) is 35.4 Å². The number of unbranched alkanes of at least 4 members (excludes halogenated alkanes) is 11. The Bertz CT molecular complexity index is 792. The molecular formula is C33H63NO6P+. The number of likely N-dealkylation sites (N-methyl/N-ethyl adjacent to an activating group) is 1. The summed E-state index contributed by atoms with van der Waals surface area (Å²) < 4.78 is 28.8. The van der Waals surface area contributed by atoms with Crippen LogP contribution in [-0.2, 0) is 25.0 Å². The van der Waals surface area contributed by atoms with E-state index in [2.05, 4.69) is 38.1 Å². The molecule has 1 aromatic carbocycles. The topological polar surface area (TPSA) is 85.2 Å². The summed E-state index contributed by atoms with van der Waals surface area (Å²) in [5.41, 5.74) is 2.49. The second-order valence-electron chi connectivity index (χ2n) is 12.8. The Morgan fingerprint density at radius 3 is 1.71 bits per heavy atom. The van der Waals surface area contributed by atoms with Crippen LogP contribution in [0.15, 0.2) is 24.3 Å². The van der Waals surface area contributed by atoms with Gasteiger partial charge >= 0.3 is 7.82 Å². The molecule has 0 fully saturated rings. The summed E-state index contributed by atoms with van der Waals surface area (Å²) in [6.07, 6.45) is 18.1. The first-order valence-corrected chi connectivity index (χ1v) is 17.8. The Hall–Kier alpha value is -0.790. The molecule has 2 unspecified atom stereocenters. The summed E-state index contributed by atoms with van der Waals surface area (Å²) in [4.78, 5) is 18.5. The maximum absolute atomic E-state index is 11.4. The molecule has 0 saturated heterocycles. The summed E-state index contributed by atoms with van der Waals surface area (Å²) >= 11 is 0. The Labute approximate surface area is 252 Å². The minimum atomic E-state index is -4.51. The van der Waals surface area contributed by atoms with Crippen LogP contribution in [0.3, 0.4) is 0 Å². The number of aryl methyl sites for hydroxylation is 1. The van der Waals surface area contributed by atoms with Gasteiger partial charge in [0.15, 0.2) is 0 Å². The molecule has 240 valence electrons. The minimum absolute atomic E-state index is 0.0149. The third-order valence-electron chi connectivity index (χ3n) is 7.85. The van der Waals surface area contributed by atoms with Crippen LogP contribution in [0.4, 0.5) is 0 Å². The largest absolute Gasteiger partial charge is 0.469 e. The van der Waals surface area contributed by atoms with Crippen molar-refractivity contribution < 1.29 is 32.8 Å². The van der Waals surface area contributed by atoms with Gasteiger partial charge in [-0.05, 0) is 44.1 Å². The predicted octanol–water partition coefficient (Wildman–Crippen LogP) is 7.85. The average molecular weight is 601 g/mol. The molecule has 0 spiro atoms. The van der Waals surface area contributed by atoms with Gasteiger partial charge in [-0.15, -0.1) is 0 Å². The molecule has 2 N–H and O–H groups in total. The zero-order chi connectivity index (χ0) is 30.4. The van der Waals surface area contributed by atoms with E-state index in [9.17, 15) is 14.4 Å². The van der Waals surface area contributed by atoms with Crippen LogP contribution in [-0.4, -0.2) is 74.5 Å². The van der Waals surface area contributed by atoms with Gasteiger partial charge < -0.3 is 23.7 Å². The summed E-state index contributed by atoms with van der Waals surface area (Å²) in [5.74, 6) is 0.235. The molecule has 7 nitrogen and oxygen atoms in total.